The first-order valence-electron chi connectivity index (χ1n) is 7.45. The van der Waals surface area contributed by atoms with Crippen molar-refractivity contribution in [1.82, 2.24) is 4.31 Å². The largest absolute Gasteiger partial charge is 0.381 e. The lowest BCUT2D eigenvalue weighted by Crippen LogP contribution is -2.56. The Balaban J connectivity index is 1.93. The van der Waals surface area contributed by atoms with Crippen LogP contribution in [0.4, 0.5) is 4.39 Å². The molecule has 0 amide bonds. The minimum atomic E-state index is -3.87. The number of nitrogens with zero attached hydrogens (tertiary/aromatic N) is 1. The number of methoxy groups -OCH3 is 1. The second-order valence-corrected chi connectivity index (χ2v) is 7.55. The molecule has 1 heterocycles. The predicted octanol–water partition coefficient (Wildman–Crippen LogP) is 1.78. The normalized spacial score (nSPS) is 30.0. The van der Waals surface area contributed by atoms with Gasteiger partial charge in [0.2, 0.25) is 10.0 Å². The van der Waals surface area contributed by atoms with Gasteiger partial charge in [-0.15, -0.1) is 0 Å². The molecule has 3 rings (SSSR count). The van der Waals surface area contributed by atoms with Gasteiger partial charge in [0, 0.05) is 13.7 Å². The number of morpholine rings is 1. The highest BCUT2D eigenvalue weighted by Gasteiger charge is 2.43. The van der Waals surface area contributed by atoms with E-state index in [-0.39, 0.29) is 29.7 Å². The van der Waals surface area contributed by atoms with Crippen LogP contribution in [0.5, 0.6) is 0 Å². The van der Waals surface area contributed by atoms with Crippen molar-refractivity contribution >= 4 is 10.0 Å². The molecule has 0 aromatic heterocycles. The van der Waals surface area contributed by atoms with Crippen molar-refractivity contribution < 1.29 is 22.3 Å². The number of halogens is 1. The van der Waals surface area contributed by atoms with Gasteiger partial charge in [0.15, 0.2) is 0 Å². The van der Waals surface area contributed by atoms with Gasteiger partial charge in [0.25, 0.3) is 0 Å². The van der Waals surface area contributed by atoms with Gasteiger partial charge >= 0.3 is 0 Å². The van der Waals surface area contributed by atoms with Crippen molar-refractivity contribution in [2.75, 3.05) is 20.3 Å². The lowest BCUT2D eigenvalue weighted by atomic mass is 9.89. The summed E-state index contributed by atoms with van der Waals surface area (Å²) >= 11 is 0. The topological polar surface area (TPSA) is 55.8 Å². The van der Waals surface area contributed by atoms with Crippen molar-refractivity contribution in [3.05, 3.63) is 30.1 Å². The van der Waals surface area contributed by atoms with E-state index in [0.717, 1.165) is 12.8 Å². The Kier molecular flexibility index (Phi) is 4.49. The average Bonchev–Trinajstić information content (AvgIpc) is 2.54. The molecule has 22 heavy (non-hydrogen) atoms. The zero-order chi connectivity index (χ0) is 15.7. The van der Waals surface area contributed by atoms with Gasteiger partial charge in [-0.2, -0.15) is 4.31 Å². The summed E-state index contributed by atoms with van der Waals surface area (Å²) in [6, 6.07) is 5.21. The summed E-state index contributed by atoms with van der Waals surface area (Å²) in [5.74, 6) is -0.718. The van der Waals surface area contributed by atoms with Gasteiger partial charge in [-0.3, -0.25) is 0 Å². The Morgan fingerprint density at radius 3 is 2.82 bits per heavy atom. The average molecular weight is 329 g/mol. The van der Waals surface area contributed by atoms with Crippen LogP contribution in [0.15, 0.2) is 29.2 Å². The lowest BCUT2D eigenvalue weighted by molar-refractivity contribution is -0.0883. The van der Waals surface area contributed by atoms with Gasteiger partial charge in [0.1, 0.15) is 10.7 Å². The van der Waals surface area contributed by atoms with E-state index in [9.17, 15) is 12.8 Å². The Labute approximate surface area is 130 Å². The van der Waals surface area contributed by atoms with E-state index >= 15 is 0 Å². The van der Waals surface area contributed by atoms with E-state index in [4.69, 9.17) is 9.47 Å². The highest BCUT2D eigenvalue weighted by Crippen LogP contribution is 2.33. The first-order valence-corrected chi connectivity index (χ1v) is 8.89. The molecule has 2 aliphatic rings. The first-order chi connectivity index (χ1) is 10.5. The summed E-state index contributed by atoms with van der Waals surface area (Å²) in [6.45, 7) is 0.584. The molecular formula is C15H20FNO4S. The van der Waals surface area contributed by atoms with Crippen molar-refractivity contribution in [3.8, 4) is 0 Å². The van der Waals surface area contributed by atoms with Crippen LogP contribution in [0.1, 0.15) is 19.3 Å². The number of sulfonamides is 1. The molecule has 7 heteroatoms. The molecule has 1 aliphatic heterocycles. The Morgan fingerprint density at radius 2 is 2.09 bits per heavy atom. The van der Waals surface area contributed by atoms with E-state index in [1.165, 1.54) is 28.6 Å². The lowest BCUT2D eigenvalue weighted by Gasteiger charge is -2.44. The summed E-state index contributed by atoms with van der Waals surface area (Å²) in [5.41, 5.74) is 0. The minimum absolute atomic E-state index is 0.0151. The molecule has 1 aromatic rings. The molecular weight excluding hydrogens is 309 g/mol. The third kappa shape index (κ3) is 2.78. The van der Waals surface area contributed by atoms with Crippen molar-refractivity contribution in [3.63, 3.8) is 0 Å². The summed E-state index contributed by atoms with van der Waals surface area (Å²) in [7, 11) is -2.24. The van der Waals surface area contributed by atoms with Crippen LogP contribution in [-0.4, -0.2) is 51.2 Å². The smallest absolute Gasteiger partial charge is 0.246 e. The van der Waals surface area contributed by atoms with E-state index in [0.29, 0.717) is 13.0 Å². The number of fused-ring (bicyclic) bond motifs is 1. The van der Waals surface area contributed by atoms with Crippen molar-refractivity contribution in [2.24, 2.45) is 0 Å². The van der Waals surface area contributed by atoms with E-state index in [1.54, 1.807) is 7.11 Å². The molecule has 1 saturated heterocycles. The highest BCUT2D eigenvalue weighted by atomic mass is 32.2. The molecule has 0 N–H and O–H groups in total. The van der Waals surface area contributed by atoms with E-state index in [1.807, 2.05) is 0 Å². The van der Waals surface area contributed by atoms with Gasteiger partial charge in [0.05, 0.1) is 24.9 Å². The maximum atomic E-state index is 13.9. The zero-order valence-electron chi connectivity index (χ0n) is 12.4. The summed E-state index contributed by atoms with van der Waals surface area (Å²) in [4.78, 5) is -0.268. The minimum Gasteiger partial charge on any atom is -0.381 e. The van der Waals surface area contributed by atoms with Crippen LogP contribution in [0, 0.1) is 5.82 Å². The van der Waals surface area contributed by atoms with Crippen LogP contribution < -0.4 is 0 Å². The summed E-state index contributed by atoms with van der Waals surface area (Å²) < 4.78 is 52.1. The van der Waals surface area contributed by atoms with E-state index in [2.05, 4.69) is 0 Å². The second kappa shape index (κ2) is 6.23. The first kappa shape index (κ1) is 15.9. The molecule has 0 radical (unpaired) electrons. The quantitative estimate of drug-likeness (QED) is 0.848. The third-order valence-electron chi connectivity index (χ3n) is 4.48. The van der Waals surface area contributed by atoms with Gasteiger partial charge in [-0.05, 0) is 31.4 Å². The Bertz CT molecular complexity index is 636. The van der Waals surface area contributed by atoms with Gasteiger partial charge in [-0.25, -0.2) is 12.8 Å². The number of rotatable bonds is 3. The molecule has 5 nitrogen and oxygen atoms in total. The van der Waals surface area contributed by atoms with Crippen molar-refractivity contribution in [1.29, 1.82) is 0 Å². The number of ether oxygens (including phenoxy) is 2. The fraction of sp³-hybridized carbons (Fsp3) is 0.600. The molecule has 1 aliphatic carbocycles. The summed E-state index contributed by atoms with van der Waals surface area (Å²) in [5, 5.41) is 0. The van der Waals surface area contributed by atoms with Gasteiger partial charge in [-0.1, -0.05) is 12.1 Å². The van der Waals surface area contributed by atoms with Crippen molar-refractivity contribution in [2.45, 2.75) is 42.4 Å². The fourth-order valence-electron chi connectivity index (χ4n) is 3.33. The number of benzene rings is 1. The zero-order valence-corrected chi connectivity index (χ0v) is 13.3. The standard InChI is InChI=1S/C15H20FNO4S/c1-20-11-6-7-14-13(10-11)17(8-9-21-14)22(18,19)15-5-3-2-4-12(15)16/h2-5,11,13-14H,6-10H2,1H3/t11-,13+,14+/m1/s1. The molecule has 1 saturated carbocycles. The summed E-state index contributed by atoms with van der Waals surface area (Å²) in [6.07, 6.45) is 2.06. The van der Waals surface area contributed by atoms with Crippen LogP contribution >= 0.6 is 0 Å². The van der Waals surface area contributed by atoms with Crippen LogP contribution in [0.2, 0.25) is 0 Å². The molecule has 3 atom stereocenters. The molecule has 0 spiro atoms. The maximum Gasteiger partial charge on any atom is 0.246 e. The molecule has 2 fully saturated rings. The highest BCUT2D eigenvalue weighted by molar-refractivity contribution is 7.89. The molecule has 1 aromatic carbocycles. The Morgan fingerprint density at radius 1 is 1.32 bits per heavy atom. The monoisotopic (exact) mass is 329 g/mol. The van der Waals surface area contributed by atoms with Crippen LogP contribution in [-0.2, 0) is 19.5 Å². The second-order valence-electron chi connectivity index (χ2n) is 5.69. The number of hydrogen-bond donors (Lipinski definition) is 0. The third-order valence-corrected chi connectivity index (χ3v) is 6.43. The molecule has 122 valence electrons. The van der Waals surface area contributed by atoms with Gasteiger partial charge < -0.3 is 9.47 Å². The molecule has 0 bridgehead atoms. The Hall–Kier alpha value is -1.02. The van der Waals surface area contributed by atoms with E-state index < -0.39 is 15.8 Å². The van der Waals surface area contributed by atoms with Crippen LogP contribution in [0.25, 0.3) is 0 Å². The fourth-order valence-corrected chi connectivity index (χ4v) is 5.04. The predicted molar refractivity (Wildman–Crippen MR) is 78.5 cm³/mol. The van der Waals surface area contributed by atoms with Crippen LogP contribution in [0.3, 0.4) is 0 Å². The SMILES string of the molecule is CO[C@@H]1CC[C@@H]2OCCN(S(=O)(=O)c3ccccc3F)[C@H]2C1. The molecule has 0 unspecified atom stereocenters. The maximum absolute atomic E-state index is 13.9. The number of hydrogen-bond acceptors (Lipinski definition) is 4.